The van der Waals surface area contributed by atoms with Crippen molar-refractivity contribution in [2.75, 3.05) is 13.1 Å². The molecule has 1 saturated carbocycles. The number of alkyl halides is 2. The number of rotatable bonds is 4. The zero-order chi connectivity index (χ0) is 16.9. The highest BCUT2D eigenvalue weighted by atomic mass is 32.2. The zero-order valence-corrected chi connectivity index (χ0v) is 13.1. The molecule has 0 amide bonds. The van der Waals surface area contributed by atoms with Crippen molar-refractivity contribution in [3.05, 3.63) is 18.6 Å². The Morgan fingerprint density at radius 1 is 1.30 bits per heavy atom. The van der Waals surface area contributed by atoms with Crippen molar-refractivity contribution in [2.24, 2.45) is 11.3 Å². The third kappa shape index (κ3) is 2.65. The number of aliphatic carboxylic acids is 1. The summed E-state index contributed by atoms with van der Waals surface area (Å²) in [6.45, 7) is 0.248. The summed E-state index contributed by atoms with van der Waals surface area (Å²) in [5, 5.41) is 9.37. The molecule has 128 valence electrons. The molecule has 0 atom stereocenters. The van der Waals surface area contributed by atoms with E-state index >= 15 is 0 Å². The topological polar surface area (TPSA) is 87.8 Å². The summed E-state index contributed by atoms with van der Waals surface area (Å²) in [4.78, 5) is 11.5. The van der Waals surface area contributed by atoms with Crippen LogP contribution < -0.4 is 0 Å². The first-order valence-corrected chi connectivity index (χ1v) is 8.75. The zero-order valence-electron chi connectivity index (χ0n) is 12.2. The summed E-state index contributed by atoms with van der Waals surface area (Å²) < 4.78 is 57.2. The molecule has 6 nitrogen and oxygen atoms in total. The molecular weight excluding hydrogens is 332 g/mol. The van der Waals surface area contributed by atoms with Gasteiger partial charge >= 0.3 is 5.97 Å². The standard InChI is InChI=1S/C14H17F2NO5S/c15-14(16)8-13(9-14,12(18)19)10-1-4-17(5-2-10)23(20,21)11-3-6-22-7-11/h3,6-7,10H,1-2,4-5,8-9H2,(H,18,19). The van der Waals surface area contributed by atoms with E-state index in [4.69, 9.17) is 4.42 Å². The smallest absolute Gasteiger partial charge is 0.310 e. The lowest BCUT2D eigenvalue weighted by Crippen LogP contribution is -2.57. The fraction of sp³-hybridized carbons (Fsp3) is 0.643. The highest BCUT2D eigenvalue weighted by molar-refractivity contribution is 7.89. The molecule has 2 aliphatic rings. The first-order chi connectivity index (χ1) is 10.7. The number of carboxylic acids is 1. The minimum atomic E-state index is -3.68. The number of nitrogens with zero attached hydrogens (tertiary/aromatic N) is 1. The Balaban J connectivity index is 1.70. The van der Waals surface area contributed by atoms with Crippen molar-refractivity contribution in [1.29, 1.82) is 0 Å². The van der Waals surface area contributed by atoms with E-state index in [1.165, 1.54) is 16.6 Å². The summed E-state index contributed by atoms with van der Waals surface area (Å²) in [5.74, 6) is -4.58. The van der Waals surface area contributed by atoms with Gasteiger partial charge in [-0.25, -0.2) is 17.2 Å². The third-order valence-corrected chi connectivity index (χ3v) is 6.82. The van der Waals surface area contributed by atoms with Crippen LogP contribution in [-0.4, -0.2) is 42.8 Å². The van der Waals surface area contributed by atoms with Crippen LogP contribution in [0.5, 0.6) is 0 Å². The van der Waals surface area contributed by atoms with Gasteiger partial charge in [0.1, 0.15) is 11.2 Å². The van der Waals surface area contributed by atoms with Gasteiger partial charge in [0.15, 0.2) is 0 Å². The molecule has 23 heavy (non-hydrogen) atoms. The summed E-state index contributed by atoms with van der Waals surface area (Å²) in [6.07, 6.45) is 1.60. The van der Waals surface area contributed by atoms with E-state index in [0.717, 1.165) is 6.26 Å². The molecule has 1 aromatic heterocycles. The van der Waals surface area contributed by atoms with Gasteiger partial charge in [-0.3, -0.25) is 4.79 Å². The number of halogens is 2. The van der Waals surface area contributed by atoms with E-state index in [9.17, 15) is 27.1 Å². The van der Waals surface area contributed by atoms with E-state index in [2.05, 4.69) is 0 Å². The van der Waals surface area contributed by atoms with Gasteiger partial charge in [0, 0.05) is 25.9 Å². The molecule has 1 saturated heterocycles. The Labute approximate surface area is 132 Å². The molecule has 9 heteroatoms. The fourth-order valence-corrected chi connectivity index (χ4v) is 5.08. The molecular formula is C14H17F2NO5S. The second kappa shape index (κ2) is 5.27. The van der Waals surface area contributed by atoms with Crippen molar-refractivity contribution in [3.8, 4) is 0 Å². The average Bonchev–Trinajstić information content (AvgIpc) is 2.99. The van der Waals surface area contributed by atoms with Gasteiger partial charge in [-0.2, -0.15) is 4.31 Å². The maximum Gasteiger partial charge on any atom is 0.310 e. The van der Waals surface area contributed by atoms with Crippen LogP contribution in [0.25, 0.3) is 0 Å². The summed E-state index contributed by atoms with van der Waals surface area (Å²) in [5.41, 5.74) is -1.42. The fourth-order valence-electron chi connectivity index (χ4n) is 3.68. The number of carboxylic acid groups (broad SMARTS) is 1. The lowest BCUT2D eigenvalue weighted by atomic mass is 9.57. The summed E-state index contributed by atoms with van der Waals surface area (Å²) in [7, 11) is -3.68. The van der Waals surface area contributed by atoms with Crippen LogP contribution in [0, 0.1) is 11.3 Å². The largest absolute Gasteiger partial charge is 0.481 e. The molecule has 1 N–H and O–H groups in total. The molecule has 0 aromatic carbocycles. The van der Waals surface area contributed by atoms with Gasteiger partial charge in [0.05, 0.1) is 11.7 Å². The number of hydrogen-bond acceptors (Lipinski definition) is 4. The number of piperidine rings is 1. The lowest BCUT2D eigenvalue weighted by molar-refractivity contribution is -0.209. The minimum Gasteiger partial charge on any atom is -0.481 e. The molecule has 2 fully saturated rings. The van der Waals surface area contributed by atoms with E-state index in [1.54, 1.807) is 0 Å². The van der Waals surface area contributed by atoms with Gasteiger partial charge in [-0.15, -0.1) is 0 Å². The molecule has 0 unspecified atom stereocenters. The first kappa shape index (κ1) is 16.4. The normalized spacial score (nSPS) is 25.0. The molecule has 2 heterocycles. The molecule has 0 radical (unpaired) electrons. The number of furan rings is 1. The molecule has 1 aromatic rings. The molecule has 0 bridgehead atoms. The highest BCUT2D eigenvalue weighted by Crippen LogP contribution is 2.58. The van der Waals surface area contributed by atoms with E-state index in [1.807, 2.05) is 0 Å². The predicted molar refractivity (Wildman–Crippen MR) is 74.4 cm³/mol. The SMILES string of the molecule is O=C(O)C1(C2CCN(S(=O)(=O)c3ccoc3)CC2)CC(F)(F)C1. The van der Waals surface area contributed by atoms with Crippen LogP contribution in [0.3, 0.4) is 0 Å². The maximum atomic E-state index is 13.2. The van der Waals surface area contributed by atoms with Gasteiger partial charge in [-0.1, -0.05) is 0 Å². The van der Waals surface area contributed by atoms with Crippen LogP contribution in [0.1, 0.15) is 25.7 Å². The second-order valence-corrected chi connectivity index (χ2v) is 8.25. The Morgan fingerprint density at radius 3 is 2.35 bits per heavy atom. The van der Waals surface area contributed by atoms with Crippen LogP contribution in [0.2, 0.25) is 0 Å². The number of hydrogen-bond donors (Lipinski definition) is 1. The lowest BCUT2D eigenvalue weighted by Gasteiger charge is -2.50. The number of sulfonamides is 1. The predicted octanol–water partition coefficient (Wildman–Crippen LogP) is 2.18. The Kier molecular flexibility index (Phi) is 3.75. The quantitative estimate of drug-likeness (QED) is 0.900. The van der Waals surface area contributed by atoms with E-state index in [-0.39, 0.29) is 30.8 Å². The molecule has 1 aliphatic carbocycles. The van der Waals surface area contributed by atoms with Gasteiger partial charge in [0.25, 0.3) is 0 Å². The van der Waals surface area contributed by atoms with Crippen molar-refractivity contribution >= 4 is 16.0 Å². The second-order valence-electron chi connectivity index (χ2n) is 6.31. The van der Waals surface area contributed by atoms with Crippen molar-refractivity contribution in [3.63, 3.8) is 0 Å². The number of carbonyl (C=O) groups is 1. The van der Waals surface area contributed by atoms with E-state index < -0.39 is 46.1 Å². The average molecular weight is 349 g/mol. The third-order valence-electron chi connectivity index (χ3n) is 4.94. The highest BCUT2D eigenvalue weighted by Gasteiger charge is 2.64. The Hall–Kier alpha value is -1.48. The Morgan fingerprint density at radius 2 is 1.91 bits per heavy atom. The monoisotopic (exact) mass is 349 g/mol. The van der Waals surface area contributed by atoms with Gasteiger partial charge in [-0.05, 0) is 24.8 Å². The van der Waals surface area contributed by atoms with Crippen LogP contribution in [-0.2, 0) is 14.8 Å². The van der Waals surface area contributed by atoms with Crippen molar-refractivity contribution < 1.29 is 31.5 Å². The molecule has 3 rings (SSSR count). The van der Waals surface area contributed by atoms with Crippen LogP contribution >= 0.6 is 0 Å². The summed E-state index contributed by atoms with van der Waals surface area (Å²) in [6, 6.07) is 1.34. The van der Waals surface area contributed by atoms with Crippen molar-refractivity contribution in [2.45, 2.75) is 36.5 Å². The summed E-state index contributed by atoms with van der Waals surface area (Å²) >= 11 is 0. The van der Waals surface area contributed by atoms with Crippen LogP contribution in [0.4, 0.5) is 8.78 Å². The van der Waals surface area contributed by atoms with Crippen molar-refractivity contribution in [1.82, 2.24) is 4.31 Å². The molecule has 1 aliphatic heterocycles. The maximum absolute atomic E-state index is 13.2. The Bertz CT molecular complexity index is 685. The van der Waals surface area contributed by atoms with E-state index in [0.29, 0.717) is 0 Å². The van der Waals surface area contributed by atoms with Crippen LogP contribution in [0.15, 0.2) is 27.9 Å². The van der Waals surface area contributed by atoms with Gasteiger partial charge < -0.3 is 9.52 Å². The minimum absolute atomic E-state index is 0.0408. The van der Waals surface area contributed by atoms with Gasteiger partial charge in [0.2, 0.25) is 15.9 Å². The first-order valence-electron chi connectivity index (χ1n) is 7.31. The molecule has 0 spiro atoms.